The average molecular weight is 230 g/mol. The third-order valence-corrected chi connectivity index (χ3v) is 3.43. The van der Waals surface area contributed by atoms with Crippen LogP contribution >= 0.6 is 0 Å². The SMILES string of the molecule is Cc1cc(C)c2nc([C@@H]3CCCCN3)[nH]c2n1. The predicted molar refractivity (Wildman–Crippen MR) is 68.0 cm³/mol. The van der Waals surface area contributed by atoms with Crippen LogP contribution in [0.25, 0.3) is 11.2 Å². The maximum atomic E-state index is 4.70. The summed E-state index contributed by atoms with van der Waals surface area (Å²) in [5.74, 6) is 1.04. The maximum absolute atomic E-state index is 4.70. The van der Waals surface area contributed by atoms with E-state index in [-0.39, 0.29) is 0 Å². The molecule has 0 aliphatic carbocycles. The lowest BCUT2D eigenvalue weighted by molar-refractivity contribution is 0.400. The number of aryl methyl sites for hydroxylation is 2. The molecule has 0 saturated carbocycles. The van der Waals surface area contributed by atoms with Gasteiger partial charge in [0.2, 0.25) is 0 Å². The average Bonchev–Trinajstić information content (AvgIpc) is 2.74. The van der Waals surface area contributed by atoms with E-state index < -0.39 is 0 Å². The van der Waals surface area contributed by atoms with E-state index in [1.807, 2.05) is 6.92 Å². The fourth-order valence-electron chi connectivity index (χ4n) is 2.58. The summed E-state index contributed by atoms with van der Waals surface area (Å²) in [6, 6.07) is 2.46. The molecule has 0 amide bonds. The number of nitrogens with zero attached hydrogens (tertiary/aromatic N) is 2. The second-order valence-corrected chi connectivity index (χ2v) is 4.90. The highest BCUT2D eigenvalue weighted by Gasteiger charge is 2.19. The first-order valence-corrected chi connectivity index (χ1v) is 6.31. The molecule has 2 aromatic heterocycles. The minimum absolute atomic E-state index is 0.373. The summed E-state index contributed by atoms with van der Waals surface area (Å²) in [7, 11) is 0. The first-order valence-electron chi connectivity index (χ1n) is 6.31. The smallest absolute Gasteiger partial charge is 0.157 e. The van der Waals surface area contributed by atoms with Crippen LogP contribution in [0.1, 0.15) is 42.4 Å². The van der Waals surface area contributed by atoms with Gasteiger partial charge in [0.1, 0.15) is 11.3 Å². The minimum Gasteiger partial charge on any atom is -0.325 e. The predicted octanol–water partition coefficient (Wildman–Crippen LogP) is 2.39. The van der Waals surface area contributed by atoms with E-state index in [1.54, 1.807) is 0 Å². The van der Waals surface area contributed by atoms with Crippen molar-refractivity contribution in [2.75, 3.05) is 6.54 Å². The van der Waals surface area contributed by atoms with Gasteiger partial charge >= 0.3 is 0 Å². The molecule has 17 heavy (non-hydrogen) atoms. The number of hydrogen-bond donors (Lipinski definition) is 2. The van der Waals surface area contributed by atoms with Gasteiger partial charge in [-0.25, -0.2) is 9.97 Å². The third kappa shape index (κ3) is 1.93. The molecule has 1 aliphatic heterocycles. The van der Waals surface area contributed by atoms with Gasteiger partial charge in [-0.15, -0.1) is 0 Å². The van der Waals surface area contributed by atoms with Gasteiger partial charge in [0.25, 0.3) is 0 Å². The summed E-state index contributed by atoms with van der Waals surface area (Å²) < 4.78 is 0. The molecule has 0 radical (unpaired) electrons. The highest BCUT2D eigenvalue weighted by molar-refractivity contribution is 5.74. The first kappa shape index (κ1) is 10.7. The molecule has 0 spiro atoms. The zero-order valence-corrected chi connectivity index (χ0v) is 10.4. The van der Waals surface area contributed by atoms with Crippen LogP contribution in [0.3, 0.4) is 0 Å². The van der Waals surface area contributed by atoms with E-state index in [2.05, 4.69) is 28.3 Å². The molecule has 1 atom stereocenters. The highest BCUT2D eigenvalue weighted by atomic mass is 15.1. The van der Waals surface area contributed by atoms with Gasteiger partial charge in [-0.1, -0.05) is 6.42 Å². The largest absolute Gasteiger partial charge is 0.325 e. The van der Waals surface area contributed by atoms with Crippen molar-refractivity contribution in [3.05, 3.63) is 23.1 Å². The molecule has 3 rings (SSSR count). The van der Waals surface area contributed by atoms with Crippen molar-refractivity contribution < 1.29 is 0 Å². The van der Waals surface area contributed by atoms with Crippen LogP contribution in [0.2, 0.25) is 0 Å². The number of fused-ring (bicyclic) bond motifs is 1. The monoisotopic (exact) mass is 230 g/mol. The van der Waals surface area contributed by atoms with Crippen LogP contribution < -0.4 is 5.32 Å². The molecule has 1 saturated heterocycles. The summed E-state index contributed by atoms with van der Waals surface area (Å²) >= 11 is 0. The Labute approximate surface area is 101 Å². The Morgan fingerprint density at radius 1 is 1.24 bits per heavy atom. The third-order valence-electron chi connectivity index (χ3n) is 3.43. The van der Waals surface area contributed by atoms with E-state index in [9.17, 15) is 0 Å². The van der Waals surface area contributed by atoms with Crippen LogP contribution in [0.15, 0.2) is 6.07 Å². The second kappa shape index (κ2) is 4.11. The van der Waals surface area contributed by atoms with E-state index in [1.165, 1.54) is 18.4 Å². The van der Waals surface area contributed by atoms with E-state index >= 15 is 0 Å². The number of imidazole rings is 1. The Morgan fingerprint density at radius 3 is 2.88 bits per heavy atom. The van der Waals surface area contributed by atoms with Crippen LogP contribution in [-0.4, -0.2) is 21.5 Å². The molecule has 3 heterocycles. The van der Waals surface area contributed by atoms with Crippen molar-refractivity contribution in [2.24, 2.45) is 0 Å². The van der Waals surface area contributed by atoms with Crippen LogP contribution in [-0.2, 0) is 0 Å². The molecule has 90 valence electrons. The molecule has 0 unspecified atom stereocenters. The number of hydrogen-bond acceptors (Lipinski definition) is 3. The molecule has 1 fully saturated rings. The standard InChI is InChI=1S/C13H18N4/c1-8-7-9(2)15-13-11(8)16-12(17-13)10-5-3-4-6-14-10/h7,10,14H,3-6H2,1-2H3,(H,15,16,17)/t10-/m0/s1. The summed E-state index contributed by atoms with van der Waals surface area (Å²) in [5.41, 5.74) is 4.18. The number of rotatable bonds is 1. The highest BCUT2D eigenvalue weighted by Crippen LogP contribution is 2.23. The first-order chi connectivity index (χ1) is 8.24. The van der Waals surface area contributed by atoms with E-state index in [4.69, 9.17) is 4.98 Å². The molecule has 0 bridgehead atoms. The Bertz CT molecular complexity index is 538. The number of nitrogens with one attached hydrogen (secondary N) is 2. The van der Waals surface area contributed by atoms with Gasteiger partial charge < -0.3 is 10.3 Å². The fraction of sp³-hybridized carbons (Fsp3) is 0.538. The summed E-state index contributed by atoms with van der Waals surface area (Å²) in [6.07, 6.45) is 3.71. The lowest BCUT2D eigenvalue weighted by Gasteiger charge is -2.21. The lowest BCUT2D eigenvalue weighted by Crippen LogP contribution is -2.27. The Kier molecular flexibility index (Phi) is 2.59. The van der Waals surface area contributed by atoms with Crippen molar-refractivity contribution in [1.29, 1.82) is 0 Å². The van der Waals surface area contributed by atoms with Gasteiger partial charge in [-0.2, -0.15) is 0 Å². The topological polar surface area (TPSA) is 53.6 Å². The Morgan fingerprint density at radius 2 is 2.12 bits per heavy atom. The van der Waals surface area contributed by atoms with Gasteiger partial charge in [0.15, 0.2) is 5.65 Å². The number of aromatic nitrogens is 3. The van der Waals surface area contributed by atoms with Crippen molar-refractivity contribution >= 4 is 11.2 Å². The van der Waals surface area contributed by atoms with Gasteiger partial charge in [0, 0.05) is 5.69 Å². The number of piperidine rings is 1. The number of H-pyrrole nitrogens is 1. The molecule has 2 aromatic rings. The summed E-state index contributed by atoms with van der Waals surface area (Å²) in [6.45, 7) is 5.20. The number of pyridine rings is 1. The van der Waals surface area contributed by atoms with E-state index in [0.717, 1.165) is 35.6 Å². The molecule has 4 heteroatoms. The quantitative estimate of drug-likeness (QED) is 0.791. The van der Waals surface area contributed by atoms with Gasteiger partial charge in [0.05, 0.1) is 6.04 Å². The molecule has 0 aromatic carbocycles. The molecule has 1 aliphatic rings. The van der Waals surface area contributed by atoms with Crippen LogP contribution in [0.4, 0.5) is 0 Å². The normalized spacial score (nSPS) is 20.9. The van der Waals surface area contributed by atoms with Gasteiger partial charge in [-0.3, -0.25) is 0 Å². The Balaban J connectivity index is 2.03. The van der Waals surface area contributed by atoms with E-state index in [0.29, 0.717) is 6.04 Å². The summed E-state index contributed by atoms with van der Waals surface area (Å²) in [4.78, 5) is 12.6. The zero-order valence-electron chi connectivity index (χ0n) is 10.4. The van der Waals surface area contributed by atoms with Crippen molar-refractivity contribution in [2.45, 2.75) is 39.2 Å². The molecular formula is C13H18N4. The zero-order chi connectivity index (χ0) is 11.8. The maximum Gasteiger partial charge on any atom is 0.157 e. The fourth-order valence-corrected chi connectivity index (χ4v) is 2.58. The lowest BCUT2D eigenvalue weighted by atomic mass is 10.0. The summed E-state index contributed by atoms with van der Waals surface area (Å²) in [5, 5.41) is 3.51. The van der Waals surface area contributed by atoms with Crippen molar-refractivity contribution in [3.63, 3.8) is 0 Å². The van der Waals surface area contributed by atoms with Crippen LogP contribution in [0.5, 0.6) is 0 Å². The second-order valence-electron chi connectivity index (χ2n) is 4.90. The van der Waals surface area contributed by atoms with Crippen molar-refractivity contribution in [3.8, 4) is 0 Å². The molecular weight excluding hydrogens is 212 g/mol. The minimum atomic E-state index is 0.373. The Hall–Kier alpha value is -1.42. The molecule has 2 N–H and O–H groups in total. The molecule has 4 nitrogen and oxygen atoms in total. The van der Waals surface area contributed by atoms with Gasteiger partial charge in [-0.05, 0) is 44.9 Å². The number of aromatic amines is 1. The van der Waals surface area contributed by atoms with Crippen molar-refractivity contribution in [1.82, 2.24) is 20.3 Å². The van der Waals surface area contributed by atoms with Crippen LogP contribution in [0, 0.1) is 13.8 Å².